The Bertz CT molecular complexity index is 1350. The van der Waals surface area contributed by atoms with E-state index in [9.17, 15) is 4.79 Å². The number of hydrogen-bond donors (Lipinski definition) is 0. The van der Waals surface area contributed by atoms with Crippen LogP contribution >= 0.6 is 11.3 Å². The minimum absolute atomic E-state index is 0.0807. The summed E-state index contributed by atoms with van der Waals surface area (Å²) < 4.78 is 6.73. The van der Waals surface area contributed by atoms with E-state index in [-0.39, 0.29) is 5.91 Å². The Morgan fingerprint density at radius 1 is 1.03 bits per heavy atom. The van der Waals surface area contributed by atoms with Crippen molar-refractivity contribution in [2.24, 2.45) is 4.99 Å². The summed E-state index contributed by atoms with van der Waals surface area (Å²) in [6.07, 6.45) is 8.01. The molecule has 9 heteroatoms. The minimum atomic E-state index is 0.0807. The van der Waals surface area contributed by atoms with E-state index in [2.05, 4.69) is 33.0 Å². The van der Waals surface area contributed by atoms with E-state index in [0.29, 0.717) is 13.2 Å². The van der Waals surface area contributed by atoms with Gasteiger partial charge >= 0.3 is 0 Å². The van der Waals surface area contributed by atoms with Crippen molar-refractivity contribution in [3.05, 3.63) is 65.2 Å². The molecular weight excluding hydrogens is 484 g/mol. The Morgan fingerprint density at radius 2 is 1.84 bits per heavy atom. The number of hydrogen-bond acceptors (Lipinski definition) is 8. The number of carbonyl (C=O) groups excluding carboxylic acids is 1. The molecule has 3 aliphatic heterocycles. The van der Waals surface area contributed by atoms with Gasteiger partial charge in [-0.25, -0.2) is 9.97 Å². The monoisotopic (exact) mass is 514 g/mol. The molecule has 0 bridgehead atoms. The highest BCUT2D eigenvalue weighted by molar-refractivity contribution is 7.19. The molecule has 2 aromatic heterocycles. The molecule has 0 spiro atoms. The number of thiophene rings is 1. The van der Waals surface area contributed by atoms with Crippen LogP contribution in [0.4, 0.5) is 5.82 Å². The fraction of sp³-hybridized carbons (Fsp3) is 0.357. The highest BCUT2D eigenvalue weighted by Crippen LogP contribution is 2.35. The van der Waals surface area contributed by atoms with E-state index in [1.807, 2.05) is 29.2 Å². The van der Waals surface area contributed by atoms with E-state index < -0.39 is 0 Å². The fourth-order valence-corrected chi connectivity index (χ4v) is 6.04. The summed E-state index contributed by atoms with van der Waals surface area (Å²) in [6.45, 7) is 7.13. The summed E-state index contributed by atoms with van der Waals surface area (Å²) in [5.74, 6) is 1.85. The molecule has 0 radical (unpaired) electrons. The van der Waals surface area contributed by atoms with Crippen molar-refractivity contribution in [3.8, 4) is 11.4 Å². The number of ether oxygens (including phenoxy) is 1. The molecule has 0 aliphatic carbocycles. The molecule has 1 amide bonds. The maximum atomic E-state index is 12.7. The lowest BCUT2D eigenvalue weighted by Crippen LogP contribution is -2.47. The smallest absolute Gasteiger partial charge is 0.246 e. The number of anilines is 1. The minimum Gasteiger partial charge on any atom is -0.378 e. The molecule has 0 unspecified atom stereocenters. The number of fused-ring (bicyclic) bond motifs is 1. The van der Waals surface area contributed by atoms with Crippen molar-refractivity contribution in [2.45, 2.75) is 13.0 Å². The van der Waals surface area contributed by atoms with Crippen LogP contribution in [0, 0.1) is 0 Å². The summed E-state index contributed by atoms with van der Waals surface area (Å²) in [5, 5.41) is 0. The number of piperazine rings is 1. The lowest BCUT2D eigenvalue weighted by Gasteiger charge is -2.34. The number of nitrogens with zero attached hydrogens (tertiary/aromatic N) is 6. The third-order valence-electron chi connectivity index (χ3n) is 6.91. The number of morpholine rings is 1. The van der Waals surface area contributed by atoms with Crippen LogP contribution in [0.1, 0.15) is 11.3 Å². The van der Waals surface area contributed by atoms with Gasteiger partial charge in [0.15, 0.2) is 11.6 Å². The second-order valence-corrected chi connectivity index (χ2v) is 10.6. The SMILES string of the molecule is O=C(C=C1C=NC=CC1)N1CCN(Cc2cc3nc(-c4ccccc4)nc(N4CCOCC4)c3s2)CC1. The summed E-state index contributed by atoms with van der Waals surface area (Å²) >= 11 is 1.79. The zero-order chi connectivity index (χ0) is 25.0. The normalized spacial score (nSPS) is 19.7. The molecule has 5 heterocycles. The van der Waals surface area contributed by atoms with E-state index >= 15 is 0 Å². The van der Waals surface area contributed by atoms with Gasteiger partial charge in [-0.15, -0.1) is 11.3 Å². The third kappa shape index (κ3) is 5.49. The number of allylic oxidation sites excluding steroid dienone is 2. The zero-order valence-corrected chi connectivity index (χ0v) is 21.6. The molecule has 37 heavy (non-hydrogen) atoms. The van der Waals surface area contributed by atoms with Gasteiger partial charge in [-0.05, 0) is 18.1 Å². The van der Waals surface area contributed by atoms with Gasteiger partial charge in [-0.3, -0.25) is 14.7 Å². The Balaban J connectivity index is 1.18. The lowest BCUT2D eigenvalue weighted by atomic mass is 10.1. The molecule has 3 aromatic rings. The maximum Gasteiger partial charge on any atom is 0.246 e. The van der Waals surface area contributed by atoms with Gasteiger partial charge in [0.1, 0.15) is 0 Å². The molecular formula is C28H30N6O2S. The van der Waals surface area contributed by atoms with E-state index in [4.69, 9.17) is 14.7 Å². The first-order valence-corrected chi connectivity index (χ1v) is 13.6. The predicted octanol–water partition coefficient (Wildman–Crippen LogP) is 3.75. The fourth-order valence-electron chi connectivity index (χ4n) is 4.88. The van der Waals surface area contributed by atoms with Crippen LogP contribution in [0.15, 0.2) is 65.3 Å². The molecule has 2 fully saturated rings. The van der Waals surface area contributed by atoms with E-state index in [1.165, 1.54) is 4.88 Å². The zero-order valence-electron chi connectivity index (χ0n) is 20.8. The van der Waals surface area contributed by atoms with Crippen LogP contribution < -0.4 is 4.90 Å². The Labute approximate surface area is 220 Å². The Hall–Kier alpha value is -3.40. The van der Waals surface area contributed by atoms with Crippen molar-refractivity contribution >= 4 is 39.5 Å². The largest absolute Gasteiger partial charge is 0.378 e. The summed E-state index contributed by atoms with van der Waals surface area (Å²) in [6, 6.07) is 12.4. The summed E-state index contributed by atoms with van der Waals surface area (Å²) in [5.41, 5.74) is 2.99. The van der Waals surface area contributed by atoms with E-state index in [1.54, 1.807) is 29.8 Å². The molecule has 0 saturated carbocycles. The molecule has 3 aliphatic rings. The van der Waals surface area contributed by atoms with Crippen molar-refractivity contribution in [1.82, 2.24) is 19.8 Å². The van der Waals surface area contributed by atoms with Crippen LogP contribution in [0.3, 0.4) is 0 Å². The maximum absolute atomic E-state index is 12.7. The summed E-state index contributed by atoms with van der Waals surface area (Å²) in [7, 11) is 0. The Morgan fingerprint density at radius 3 is 2.59 bits per heavy atom. The number of benzene rings is 1. The molecule has 2 saturated heterocycles. The highest BCUT2D eigenvalue weighted by Gasteiger charge is 2.23. The molecule has 0 atom stereocenters. The first-order chi connectivity index (χ1) is 18.2. The van der Waals surface area contributed by atoms with Crippen LogP contribution in [0.25, 0.3) is 21.6 Å². The van der Waals surface area contributed by atoms with Gasteiger partial charge in [0, 0.05) is 74.7 Å². The lowest BCUT2D eigenvalue weighted by molar-refractivity contribution is -0.127. The molecule has 0 N–H and O–H groups in total. The second-order valence-electron chi connectivity index (χ2n) is 9.45. The number of carbonyl (C=O) groups is 1. The van der Waals surface area contributed by atoms with Crippen molar-refractivity contribution in [2.75, 3.05) is 57.4 Å². The number of aliphatic imine (C=N–C) groups is 1. The summed E-state index contributed by atoms with van der Waals surface area (Å²) in [4.78, 5) is 34.8. The van der Waals surface area contributed by atoms with Gasteiger partial charge in [0.2, 0.25) is 5.91 Å². The van der Waals surface area contributed by atoms with Crippen LogP contribution in [-0.4, -0.2) is 84.4 Å². The van der Waals surface area contributed by atoms with Gasteiger partial charge < -0.3 is 14.5 Å². The van der Waals surface area contributed by atoms with Crippen molar-refractivity contribution in [3.63, 3.8) is 0 Å². The molecule has 6 rings (SSSR count). The van der Waals surface area contributed by atoms with Gasteiger partial charge in [0.25, 0.3) is 0 Å². The number of aromatic nitrogens is 2. The van der Waals surface area contributed by atoms with E-state index in [0.717, 1.165) is 85.2 Å². The van der Waals surface area contributed by atoms with Gasteiger partial charge in [-0.1, -0.05) is 36.4 Å². The van der Waals surface area contributed by atoms with Gasteiger partial charge in [-0.2, -0.15) is 0 Å². The van der Waals surface area contributed by atoms with Crippen LogP contribution in [-0.2, 0) is 16.1 Å². The van der Waals surface area contributed by atoms with Crippen LogP contribution in [0.5, 0.6) is 0 Å². The first-order valence-electron chi connectivity index (χ1n) is 12.8. The third-order valence-corrected chi connectivity index (χ3v) is 8.01. The van der Waals surface area contributed by atoms with Gasteiger partial charge in [0.05, 0.1) is 23.4 Å². The predicted molar refractivity (Wildman–Crippen MR) is 148 cm³/mol. The quantitative estimate of drug-likeness (QED) is 0.483. The van der Waals surface area contributed by atoms with Crippen LogP contribution in [0.2, 0.25) is 0 Å². The second kappa shape index (κ2) is 10.9. The number of rotatable bonds is 5. The standard InChI is InChI=1S/C28H30N6O2S/c35-25(17-21-5-4-8-29-19-21)33-11-9-32(10-12-33)20-23-18-24-26(37-23)28(34-13-15-36-16-14-34)31-27(30-24)22-6-2-1-3-7-22/h1-4,6-8,17-19H,5,9-16,20H2. The molecule has 8 nitrogen and oxygen atoms in total. The van der Waals surface area contributed by atoms with Crippen molar-refractivity contribution < 1.29 is 9.53 Å². The first kappa shape index (κ1) is 24.0. The molecule has 1 aromatic carbocycles. The Kier molecular flexibility index (Phi) is 7.07. The average molecular weight is 515 g/mol. The highest BCUT2D eigenvalue weighted by atomic mass is 32.1. The van der Waals surface area contributed by atoms with Crippen molar-refractivity contribution in [1.29, 1.82) is 0 Å². The number of amides is 1. The average Bonchev–Trinajstić information content (AvgIpc) is 3.36. The topological polar surface area (TPSA) is 74.2 Å². The molecule has 190 valence electrons.